The van der Waals surface area contributed by atoms with E-state index in [2.05, 4.69) is 4.57 Å². The van der Waals surface area contributed by atoms with Crippen molar-refractivity contribution in [3.63, 3.8) is 0 Å². The topological polar surface area (TPSA) is 110 Å². The molecule has 2 heterocycles. The average Bonchev–Trinajstić information content (AvgIpc) is 3.45. The van der Waals surface area contributed by atoms with Crippen molar-refractivity contribution >= 4 is 12.2 Å². The fourth-order valence-corrected chi connectivity index (χ4v) is 4.36. The summed E-state index contributed by atoms with van der Waals surface area (Å²) in [6.07, 6.45) is 0.520. The summed E-state index contributed by atoms with van der Waals surface area (Å²) in [6.45, 7) is 5.54. The van der Waals surface area contributed by atoms with E-state index in [1.807, 2.05) is 44.2 Å². The molecule has 1 saturated carbocycles. The van der Waals surface area contributed by atoms with Crippen molar-refractivity contribution in [2.24, 2.45) is 11.5 Å². The van der Waals surface area contributed by atoms with Gasteiger partial charge in [-0.3, -0.25) is 4.84 Å². The number of amides is 2. The maximum atomic E-state index is 11.8. The number of ether oxygens (including phenoxy) is 1. The fraction of sp³-hybridized carbons (Fsp3) is 0.429. The van der Waals surface area contributed by atoms with Crippen LogP contribution in [-0.2, 0) is 17.9 Å². The number of nitrogens with two attached hydrogens (primary N) is 2. The minimum atomic E-state index is -0.859. The molecule has 1 atom stereocenters. The van der Waals surface area contributed by atoms with Crippen molar-refractivity contribution in [3.05, 3.63) is 41.7 Å². The fourth-order valence-electron chi connectivity index (χ4n) is 4.36. The number of rotatable bonds is 5. The van der Waals surface area contributed by atoms with Crippen molar-refractivity contribution in [2.45, 2.75) is 51.7 Å². The summed E-state index contributed by atoms with van der Waals surface area (Å²) in [6, 6.07) is 9.86. The predicted molar refractivity (Wildman–Crippen MR) is 107 cm³/mol. The molecular formula is C21H27N4O4+. The highest BCUT2D eigenvalue weighted by atomic mass is 16.8. The van der Waals surface area contributed by atoms with Crippen LogP contribution in [-0.4, -0.2) is 34.0 Å². The lowest BCUT2D eigenvalue weighted by Gasteiger charge is -2.40. The Bertz CT molecular complexity index is 949. The van der Waals surface area contributed by atoms with Gasteiger partial charge < -0.3 is 20.8 Å². The number of benzene rings is 1. The normalized spacial score (nSPS) is 20.9. The minimum Gasteiger partial charge on any atom is -0.408 e. The number of carbonyl (C=O) groups is 2. The molecule has 0 bridgehead atoms. The molecule has 4 rings (SSSR count). The molecular weight excluding hydrogens is 372 g/mol. The van der Waals surface area contributed by atoms with Crippen molar-refractivity contribution in [1.82, 2.24) is 4.57 Å². The van der Waals surface area contributed by atoms with Gasteiger partial charge >= 0.3 is 12.2 Å². The number of fused-ring (bicyclic) bond motifs is 1. The highest BCUT2D eigenvalue weighted by molar-refractivity contribution is 5.80. The lowest BCUT2D eigenvalue weighted by molar-refractivity contribution is -1.12. The molecule has 0 radical (unpaired) electrons. The number of hydrogen-bond acceptors (Lipinski definition) is 4. The Morgan fingerprint density at radius 1 is 1.14 bits per heavy atom. The molecule has 1 fully saturated rings. The van der Waals surface area contributed by atoms with E-state index in [-0.39, 0.29) is 10.7 Å². The molecule has 0 saturated heterocycles. The Labute approximate surface area is 169 Å². The molecule has 29 heavy (non-hydrogen) atoms. The number of hydrogen-bond donors (Lipinski definition) is 2. The molecule has 1 aromatic carbocycles. The van der Waals surface area contributed by atoms with Gasteiger partial charge in [0.1, 0.15) is 18.3 Å². The maximum absolute atomic E-state index is 11.8. The molecule has 0 spiro atoms. The van der Waals surface area contributed by atoms with Crippen LogP contribution in [0, 0.1) is 0 Å². The first-order chi connectivity index (χ1) is 13.8. The summed E-state index contributed by atoms with van der Waals surface area (Å²) in [5, 5.41) is 0. The number of nitrogens with zero attached hydrogens (tertiary/aromatic N) is 2. The van der Waals surface area contributed by atoms with Gasteiger partial charge in [0.05, 0.1) is 6.54 Å². The first kappa shape index (κ1) is 19.3. The first-order valence-electron chi connectivity index (χ1n) is 9.96. The van der Waals surface area contributed by atoms with Crippen LogP contribution in [0.25, 0.3) is 11.1 Å². The molecule has 1 aromatic heterocycles. The van der Waals surface area contributed by atoms with Gasteiger partial charge in [-0.2, -0.15) is 0 Å². The van der Waals surface area contributed by atoms with Crippen molar-refractivity contribution in [2.75, 3.05) is 6.54 Å². The van der Waals surface area contributed by atoms with Crippen LogP contribution in [0.1, 0.15) is 44.0 Å². The molecule has 1 unspecified atom stereocenters. The minimum absolute atomic E-state index is 0.0165. The summed E-state index contributed by atoms with van der Waals surface area (Å²) in [4.78, 5) is 29.0. The molecule has 2 aromatic rings. The van der Waals surface area contributed by atoms with E-state index in [1.54, 1.807) is 0 Å². The zero-order valence-corrected chi connectivity index (χ0v) is 16.8. The second-order valence-electron chi connectivity index (χ2n) is 8.09. The molecule has 2 aliphatic rings. The highest BCUT2D eigenvalue weighted by Gasteiger charge is 2.46. The third-order valence-corrected chi connectivity index (χ3v) is 5.92. The first-order valence-corrected chi connectivity index (χ1v) is 9.96. The molecule has 154 valence electrons. The molecule has 8 heteroatoms. The van der Waals surface area contributed by atoms with Crippen LogP contribution < -0.4 is 16.2 Å². The van der Waals surface area contributed by atoms with Crippen LogP contribution in [0.3, 0.4) is 0 Å². The second-order valence-corrected chi connectivity index (χ2v) is 8.09. The van der Waals surface area contributed by atoms with Gasteiger partial charge in [0, 0.05) is 17.2 Å². The van der Waals surface area contributed by atoms with E-state index in [0.29, 0.717) is 31.3 Å². The SMILES string of the molecule is CC(C)[N+]1(OC(N)=O)CCn2c(c(OC(N)=O)c(-c3ccccc3)c2C2CC2)C1. The predicted octanol–water partition coefficient (Wildman–Crippen LogP) is 3.24. The standard InChI is InChI=1S/C21H26N4O4/c1-13(2)25(29-21(23)27)11-10-24-16(12-25)19(28-20(22)26)17(18(24)15-8-9-15)14-6-4-3-5-7-14/h3-7,13,15H,8-12H2,1-2H3,(H3-,22,23,26,27)/p+1. The quantitative estimate of drug-likeness (QED) is 0.752. The summed E-state index contributed by atoms with van der Waals surface area (Å²) < 4.78 is 7.84. The molecule has 8 nitrogen and oxygen atoms in total. The van der Waals surface area contributed by atoms with Crippen LogP contribution in [0.4, 0.5) is 9.59 Å². The summed E-state index contributed by atoms with van der Waals surface area (Å²) in [5.74, 6) is 0.881. The van der Waals surface area contributed by atoms with Gasteiger partial charge in [0.15, 0.2) is 12.3 Å². The third kappa shape index (κ3) is 3.44. The van der Waals surface area contributed by atoms with Crippen LogP contribution in [0.15, 0.2) is 30.3 Å². The number of aromatic nitrogens is 1. The number of quaternary nitrogens is 1. The van der Waals surface area contributed by atoms with E-state index in [9.17, 15) is 9.59 Å². The Hall–Kier alpha value is -3.00. The van der Waals surface area contributed by atoms with Crippen molar-refractivity contribution in [1.29, 1.82) is 0 Å². The summed E-state index contributed by atoms with van der Waals surface area (Å²) in [5.41, 5.74) is 14.7. The average molecular weight is 399 g/mol. The van der Waals surface area contributed by atoms with Crippen molar-refractivity contribution in [3.8, 4) is 16.9 Å². The van der Waals surface area contributed by atoms with Crippen LogP contribution in [0.5, 0.6) is 5.75 Å². The van der Waals surface area contributed by atoms with Crippen LogP contribution >= 0.6 is 0 Å². The van der Waals surface area contributed by atoms with Gasteiger partial charge in [0.2, 0.25) is 0 Å². The van der Waals surface area contributed by atoms with Gasteiger partial charge in [-0.05, 0) is 32.3 Å². The van der Waals surface area contributed by atoms with Crippen LogP contribution in [0.2, 0.25) is 0 Å². The van der Waals surface area contributed by atoms with E-state index in [0.717, 1.165) is 29.7 Å². The maximum Gasteiger partial charge on any atom is 0.459 e. The molecule has 4 N–H and O–H groups in total. The van der Waals surface area contributed by atoms with Gasteiger partial charge in [-0.1, -0.05) is 30.3 Å². The lowest BCUT2D eigenvalue weighted by Crippen LogP contribution is -2.58. The monoisotopic (exact) mass is 399 g/mol. The van der Waals surface area contributed by atoms with Gasteiger partial charge in [-0.25, -0.2) is 9.59 Å². The Morgan fingerprint density at radius 2 is 1.83 bits per heavy atom. The zero-order chi connectivity index (χ0) is 20.8. The van der Waals surface area contributed by atoms with E-state index < -0.39 is 12.2 Å². The number of hydroxylamine groups is 3. The lowest BCUT2D eigenvalue weighted by atomic mass is 10.0. The van der Waals surface area contributed by atoms with E-state index in [1.165, 1.54) is 5.69 Å². The second kappa shape index (κ2) is 7.11. The third-order valence-electron chi connectivity index (χ3n) is 5.92. The summed E-state index contributed by atoms with van der Waals surface area (Å²) >= 11 is 0. The van der Waals surface area contributed by atoms with E-state index in [4.69, 9.17) is 21.0 Å². The van der Waals surface area contributed by atoms with Gasteiger partial charge in [0.25, 0.3) is 0 Å². The number of primary amides is 2. The smallest absolute Gasteiger partial charge is 0.408 e. The van der Waals surface area contributed by atoms with Crippen molar-refractivity contribution < 1.29 is 23.8 Å². The Kier molecular flexibility index (Phi) is 4.74. The molecule has 1 aliphatic heterocycles. The molecule has 1 aliphatic carbocycles. The largest absolute Gasteiger partial charge is 0.459 e. The van der Waals surface area contributed by atoms with Gasteiger partial charge in [-0.15, -0.1) is 4.65 Å². The molecule has 2 amide bonds. The summed E-state index contributed by atoms with van der Waals surface area (Å²) in [7, 11) is 0. The zero-order valence-electron chi connectivity index (χ0n) is 16.8. The van der Waals surface area contributed by atoms with E-state index >= 15 is 0 Å². The number of carbonyl (C=O) groups excluding carboxylic acids is 2. The highest BCUT2D eigenvalue weighted by Crippen LogP contribution is 2.52. The Balaban J connectivity index is 1.91. The Morgan fingerprint density at radius 3 is 2.38 bits per heavy atom.